The van der Waals surface area contributed by atoms with Gasteiger partial charge in [0.05, 0.1) is 34.5 Å². The minimum absolute atomic E-state index is 0.719. The van der Waals surface area contributed by atoms with E-state index in [0.29, 0.717) is 0 Å². The molecule has 0 atom stereocenters. The SMILES string of the molecule is CCc1nc2ccccc2n1-c1nc(N2CCOCC2)c2sc(CN3CCC(C(C)C)CC3)cc2n1. The summed E-state index contributed by atoms with van der Waals surface area (Å²) in [4.78, 5) is 21.6. The van der Waals surface area contributed by atoms with Crippen LogP contribution < -0.4 is 4.90 Å². The second-order valence-electron chi connectivity index (χ2n) is 10.4. The maximum absolute atomic E-state index is 5.66. The monoisotopic (exact) mass is 504 g/mol. The average molecular weight is 505 g/mol. The van der Waals surface area contributed by atoms with E-state index in [9.17, 15) is 0 Å². The molecule has 0 bridgehead atoms. The Kier molecular flexibility index (Phi) is 6.67. The molecule has 0 saturated carbocycles. The Hall–Kier alpha value is -2.55. The van der Waals surface area contributed by atoms with Crippen LogP contribution in [0.15, 0.2) is 30.3 Å². The molecule has 7 nitrogen and oxygen atoms in total. The summed E-state index contributed by atoms with van der Waals surface area (Å²) in [5.41, 5.74) is 3.09. The number of thiophene rings is 1. The highest BCUT2D eigenvalue weighted by atomic mass is 32.1. The predicted molar refractivity (Wildman–Crippen MR) is 147 cm³/mol. The number of ether oxygens (including phenoxy) is 1. The first kappa shape index (κ1) is 23.8. The van der Waals surface area contributed by atoms with Crippen LogP contribution in [0.2, 0.25) is 0 Å². The van der Waals surface area contributed by atoms with E-state index >= 15 is 0 Å². The van der Waals surface area contributed by atoms with E-state index in [1.165, 1.54) is 35.5 Å². The largest absolute Gasteiger partial charge is 0.378 e. The van der Waals surface area contributed by atoms with Gasteiger partial charge in [-0.3, -0.25) is 9.47 Å². The Bertz CT molecular complexity index is 1350. The molecule has 190 valence electrons. The standard InChI is InChI=1S/C28H36N6OS/c1-4-25-29-22-7-5-6-8-24(22)34(25)28-30-23-17-21(18-32-11-9-20(10-12-32)19(2)3)36-26(23)27(31-28)33-13-15-35-16-14-33/h5-8,17,19-20H,4,9-16,18H2,1-3H3. The van der Waals surface area contributed by atoms with E-state index in [0.717, 1.165) is 85.2 Å². The molecular weight excluding hydrogens is 468 g/mol. The molecule has 2 aliphatic rings. The van der Waals surface area contributed by atoms with Gasteiger partial charge in [0.1, 0.15) is 5.82 Å². The van der Waals surface area contributed by atoms with E-state index in [4.69, 9.17) is 19.7 Å². The van der Waals surface area contributed by atoms with Crippen molar-refractivity contribution in [2.24, 2.45) is 11.8 Å². The number of morpholine rings is 1. The van der Waals surface area contributed by atoms with Crippen LogP contribution in [0.4, 0.5) is 5.82 Å². The molecule has 36 heavy (non-hydrogen) atoms. The normalized spacial score (nSPS) is 18.2. The average Bonchev–Trinajstić information content (AvgIpc) is 3.49. The zero-order valence-electron chi connectivity index (χ0n) is 21.6. The lowest BCUT2D eigenvalue weighted by molar-refractivity contribution is 0.122. The quantitative estimate of drug-likeness (QED) is 0.355. The van der Waals surface area contributed by atoms with Crippen LogP contribution in [0.25, 0.3) is 27.2 Å². The highest BCUT2D eigenvalue weighted by Crippen LogP contribution is 2.35. The molecule has 0 radical (unpaired) electrons. The number of para-hydroxylation sites is 2. The third-order valence-corrected chi connectivity index (χ3v) is 8.91. The number of hydrogen-bond donors (Lipinski definition) is 0. The molecule has 0 unspecified atom stereocenters. The molecule has 2 fully saturated rings. The maximum Gasteiger partial charge on any atom is 0.238 e. The van der Waals surface area contributed by atoms with Gasteiger partial charge in [-0.05, 0) is 56.0 Å². The van der Waals surface area contributed by atoms with Gasteiger partial charge in [0.2, 0.25) is 5.95 Å². The number of aromatic nitrogens is 4. The van der Waals surface area contributed by atoms with E-state index in [2.05, 4.69) is 59.4 Å². The second-order valence-corrected chi connectivity index (χ2v) is 11.6. The summed E-state index contributed by atoms with van der Waals surface area (Å²) in [6.45, 7) is 13.4. The fraction of sp³-hybridized carbons (Fsp3) is 0.536. The highest BCUT2D eigenvalue weighted by molar-refractivity contribution is 7.19. The first-order chi connectivity index (χ1) is 17.6. The van der Waals surface area contributed by atoms with Gasteiger partial charge in [0.15, 0.2) is 5.82 Å². The molecule has 1 aromatic carbocycles. The number of imidazole rings is 1. The number of benzene rings is 1. The van der Waals surface area contributed by atoms with Gasteiger partial charge < -0.3 is 9.64 Å². The number of rotatable bonds is 6. The molecule has 4 aromatic rings. The van der Waals surface area contributed by atoms with Crippen LogP contribution in [0, 0.1) is 11.8 Å². The van der Waals surface area contributed by atoms with Crippen LogP contribution in [-0.4, -0.2) is 63.8 Å². The van der Waals surface area contributed by atoms with E-state index < -0.39 is 0 Å². The van der Waals surface area contributed by atoms with Crippen LogP contribution in [0.5, 0.6) is 0 Å². The number of hydrogen-bond acceptors (Lipinski definition) is 7. The first-order valence-corrected chi connectivity index (χ1v) is 14.2. The molecule has 3 aromatic heterocycles. The molecular formula is C28H36N6OS. The Labute approximate surface area is 217 Å². The lowest BCUT2D eigenvalue weighted by Gasteiger charge is -2.33. The lowest BCUT2D eigenvalue weighted by Crippen LogP contribution is -2.37. The summed E-state index contributed by atoms with van der Waals surface area (Å²) in [6.07, 6.45) is 3.43. The smallest absolute Gasteiger partial charge is 0.238 e. The summed E-state index contributed by atoms with van der Waals surface area (Å²) >= 11 is 1.86. The van der Waals surface area contributed by atoms with Gasteiger partial charge in [-0.1, -0.05) is 32.9 Å². The number of likely N-dealkylation sites (tertiary alicyclic amines) is 1. The molecule has 0 aliphatic carbocycles. The zero-order valence-corrected chi connectivity index (χ0v) is 22.4. The minimum Gasteiger partial charge on any atom is -0.378 e. The third kappa shape index (κ3) is 4.51. The summed E-state index contributed by atoms with van der Waals surface area (Å²) in [7, 11) is 0. The molecule has 6 rings (SSSR count). The topological polar surface area (TPSA) is 59.3 Å². The Morgan fingerprint density at radius 2 is 1.78 bits per heavy atom. The summed E-state index contributed by atoms with van der Waals surface area (Å²) in [6, 6.07) is 10.6. The van der Waals surface area contributed by atoms with Crippen molar-refractivity contribution in [3.63, 3.8) is 0 Å². The molecule has 8 heteroatoms. The lowest BCUT2D eigenvalue weighted by atomic mass is 9.87. The van der Waals surface area contributed by atoms with Gasteiger partial charge in [-0.15, -0.1) is 11.3 Å². The van der Waals surface area contributed by atoms with E-state index in [-0.39, 0.29) is 0 Å². The van der Waals surface area contributed by atoms with Crippen molar-refractivity contribution in [3.8, 4) is 5.95 Å². The second kappa shape index (κ2) is 10.1. The van der Waals surface area contributed by atoms with Crippen molar-refractivity contribution in [2.75, 3.05) is 44.3 Å². The molecule has 0 N–H and O–H groups in total. The summed E-state index contributed by atoms with van der Waals surface area (Å²) < 4.78 is 8.99. The Balaban J connectivity index is 1.40. The van der Waals surface area contributed by atoms with Crippen molar-refractivity contribution < 1.29 is 4.74 Å². The molecule has 2 aliphatic heterocycles. The summed E-state index contributed by atoms with van der Waals surface area (Å²) in [5.74, 6) is 4.40. The number of anilines is 1. The zero-order chi connectivity index (χ0) is 24.6. The maximum atomic E-state index is 5.66. The number of piperidine rings is 1. The van der Waals surface area contributed by atoms with Gasteiger partial charge in [0, 0.05) is 30.9 Å². The van der Waals surface area contributed by atoms with Gasteiger partial charge in [0.25, 0.3) is 0 Å². The fourth-order valence-electron chi connectivity index (χ4n) is 5.65. The van der Waals surface area contributed by atoms with E-state index in [1.54, 1.807) is 0 Å². The van der Waals surface area contributed by atoms with Gasteiger partial charge in [-0.2, -0.15) is 4.98 Å². The molecule has 0 amide bonds. The number of fused-ring (bicyclic) bond motifs is 2. The molecule has 5 heterocycles. The van der Waals surface area contributed by atoms with Crippen LogP contribution in [0.1, 0.15) is 44.3 Å². The Morgan fingerprint density at radius 3 is 2.53 bits per heavy atom. The number of aryl methyl sites for hydroxylation is 1. The van der Waals surface area contributed by atoms with Crippen LogP contribution in [-0.2, 0) is 17.7 Å². The van der Waals surface area contributed by atoms with Crippen molar-refractivity contribution in [3.05, 3.63) is 41.0 Å². The van der Waals surface area contributed by atoms with Crippen molar-refractivity contribution >= 4 is 38.4 Å². The van der Waals surface area contributed by atoms with Crippen LogP contribution in [0.3, 0.4) is 0 Å². The third-order valence-electron chi connectivity index (χ3n) is 7.80. The highest BCUT2D eigenvalue weighted by Gasteiger charge is 2.25. The predicted octanol–water partition coefficient (Wildman–Crippen LogP) is 5.30. The van der Waals surface area contributed by atoms with Crippen LogP contribution >= 0.6 is 11.3 Å². The molecule has 2 saturated heterocycles. The van der Waals surface area contributed by atoms with Gasteiger partial charge >= 0.3 is 0 Å². The number of nitrogens with zero attached hydrogens (tertiary/aromatic N) is 6. The van der Waals surface area contributed by atoms with E-state index in [1.807, 2.05) is 17.4 Å². The summed E-state index contributed by atoms with van der Waals surface area (Å²) in [5, 5.41) is 0. The fourth-order valence-corrected chi connectivity index (χ4v) is 6.81. The Morgan fingerprint density at radius 1 is 1.00 bits per heavy atom. The first-order valence-electron chi connectivity index (χ1n) is 13.4. The van der Waals surface area contributed by atoms with Crippen molar-refractivity contribution in [1.82, 2.24) is 24.4 Å². The van der Waals surface area contributed by atoms with Crippen molar-refractivity contribution in [2.45, 2.75) is 46.6 Å². The van der Waals surface area contributed by atoms with Gasteiger partial charge in [-0.25, -0.2) is 9.97 Å². The molecule has 0 spiro atoms. The minimum atomic E-state index is 0.719. The van der Waals surface area contributed by atoms with Crippen molar-refractivity contribution in [1.29, 1.82) is 0 Å².